The van der Waals surface area contributed by atoms with Crippen LogP contribution in [0.15, 0.2) is 83.1 Å². The van der Waals surface area contributed by atoms with Crippen molar-refractivity contribution in [1.29, 1.82) is 5.26 Å². The van der Waals surface area contributed by atoms with Crippen molar-refractivity contribution in [2.75, 3.05) is 5.32 Å². The Morgan fingerprint density at radius 3 is 2.64 bits per heavy atom. The zero-order chi connectivity index (χ0) is 17.6. The highest BCUT2D eigenvalue weighted by Gasteiger charge is 2.10. The van der Waals surface area contributed by atoms with E-state index in [1.165, 1.54) is 0 Å². The second-order valence-electron chi connectivity index (χ2n) is 5.32. The number of carbonyl (C=O) groups excluding carboxylic acids is 1. The topological polar surface area (TPSA) is 57.8 Å². The standard InChI is InChI=1S/C20H14BrN3O/c21-17-5-4-6-18(12-17)23-20(25)16(13-22)11-15-9-10-24(14-15)19-7-2-1-3-8-19/h1-12,14H,(H,23,25)/b16-11+. The second-order valence-corrected chi connectivity index (χ2v) is 6.24. The van der Waals surface area contributed by atoms with Gasteiger partial charge in [-0.3, -0.25) is 4.79 Å². The van der Waals surface area contributed by atoms with E-state index in [1.807, 2.05) is 71.6 Å². The third-order valence-electron chi connectivity index (χ3n) is 3.53. The molecule has 1 heterocycles. The van der Waals surface area contributed by atoms with Gasteiger partial charge in [0.05, 0.1) is 0 Å². The summed E-state index contributed by atoms with van der Waals surface area (Å²) in [5.41, 5.74) is 2.47. The van der Waals surface area contributed by atoms with Crippen LogP contribution in [0.1, 0.15) is 5.56 Å². The fourth-order valence-corrected chi connectivity index (χ4v) is 2.74. The first kappa shape index (κ1) is 16.7. The number of rotatable bonds is 4. The van der Waals surface area contributed by atoms with Crippen molar-refractivity contribution in [2.45, 2.75) is 0 Å². The van der Waals surface area contributed by atoms with Crippen LogP contribution in [-0.2, 0) is 4.79 Å². The summed E-state index contributed by atoms with van der Waals surface area (Å²) in [5, 5.41) is 12.0. The van der Waals surface area contributed by atoms with Crippen LogP contribution in [0.25, 0.3) is 11.8 Å². The van der Waals surface area contributed by atoms with E-state index in [-0.39, 0.29) is 5.57 Å². The number of anilines is 1. The Morgan fingerprint density at radius 1 is 1.12 bits per heavy atom. The van der Waals surface area contributed by atoms with Gasteiger partial charge in [-0.15, -0.1) is 0 Å². The van der Waals surface area contributed by atoms with Crippen LogP contribution in [-0.4, -0.2) is 10.5 Å². The van der Waals surface area contributed by atoms with Gasteiger partial charge in [0.2, 0.25) is 0 Å². The van der Waals surface area contributed by atoms with Crippen LogP contribution in [0.3, 0.4) is 0 Å². The molecular weight excluding hydrogens is 378 g/mol. The molecule has 0 unspecified atom stereocenters. The molecule has 25 heavy (non-hydrogen) atoms. The quantitative estimate of drug-likeness (QED) is 0.513. The van der Waals surface area contributed by atoms with Crippen LogP contribution in [0.5, 0.6) is 0 Å². The summed E-state index contributed by atoms with van der Waals surface area (Å²) >= 11 is 3.35. The number of nitriles is 1. The number of nitrogens with one attached hydrogen (secondary N) is 1. The van der Waals surface area contributed by atoms with Gasteiger partial charge in [-0.05, 0) is 48.0 Å². The highest BCUT2D eigenvalue weighted by molar-refractivity contribution is 9.10. The van der Waals surface area contributed by atoms with Crippen molar-refractivity contribution >= 4 is 33.6 Å². The highest BCUT2D eigenvalue weighted by Crippen LogP contribution is 2.17. The average Bonchev–Trinajstić information content (AvgIpc) is 3.09. The van der Waals surface area contributed by atoms with Crippen LogP contribution in [0, 0.1) is 11.3 Å². The molecule has 0 fully saturated rings. The van der Waals surface area contributed by atoms with Gasteiger partial charge in [-0.1, -0.05) is 40.2 Å². The zero-order valence-electron chi connectivity index (χ0n) is 13.2. The highest BCUT2D eigenvalue weighted by atomic mass is 79.9. The van der Waals surface area contributed by atoms with Crippen molar-refractivity contribution < 1.29 is 4.79 Å². The molecule has 0 aliphatic heterocycles. The minimum atomic E-state index is -0.437. The Labute approximate surface area is 154 Å². The van der Waals surface area contributed by atoms with Crippen molar-refractivity contribution in [3.05, 3.63) is 88.7 Å². The lowest BCUT2D eigenvalue weighted by Crippen LogP contribution is -2.13. The smallest absolute Gasteiger partial charge is 0.266 e. The van der Waals surface area contributed by atoms with E-state index < -0.39 is 5.91 Å². The lowest BCUT2D eigenvalue weighted by Gasteiger charge is -2.04. The first-order valence-corrected chi connectivity index (χ1v) is 8.37. The predicted molar refractivity (Wildman–Crippen MR) is 102 cm³/mol. The molecule has 4 nitrogen and oxygen atoms in total. The average molecular weight is 392 g/mol. The van der Waals surface area contributed by atoms with E-state index in [9.17, 15) is 10.1 Å². The molecule has 0 radical (unpaired) electrons. The summed E-state index contributed by atoms with van der Waals surface area (Å²) in [4.78, 5) is 12.3. The van der Waals surface area contributed by atoms with Crippen molar-refractivity contribution in [3.63, 3.8) is 0 Å². The monoisotopic (exact) mass is 391 g/mol. The SMILES string of the molecule is N#C/C(=C\c1ccn(-c2ccccc2)c1)C(=O)Nc1cccc(Br)c1. The number of para-hydroxylation sites is 1. The van der Waals surface area contributed by atoms with Crippen molar-refractivity contribution in [1.82, 2.24) is 4.57 Å². The van der Waals surface area contributed by atoms with E-state index >= 15 is 0 Å². The fourth-order valence-electron chi connectivity index (χ4n) is 2.34. The summed E-state index contributed by atoms with van der Waals surface area (Å²) in [6.45, 7) is 0. The largest absolute Gasteiger partial charge is 0.323 e. The summed E-state index contributed by atoms with van der Waals surface area (Å²) < 4.78 is 2.79. The first-order valence-electron chi connectivity index (χ1n) is 7.58. The number of halogens is 1. The summed E-state index contributed by atoms with van der Waals surface area (Å²) in [6, 6.07) is 20.9. The Kier molecular flexibility index (Phi) is 5.12. The maximum atomic E-state index is 12.3. The molecule has 0 spiro atoms. The molecule has 2 aromatic carbocycles. The van der Waals surface area contributed by atoms with Gasteiger partial charge in [0.15, 0.2) is 0 Å². The van der Waals surface area contributed by atoms with Crippen molar-refractivity contribution in [3.8, 4) is 11.8 Å². The maximum absolute atomic E-state index is 12.3. The summed E-state index contributed by atoms with van der Waals surface area (Å²) in [5.74, 6) is -0.437. The number of carbonyl (C=O) groups is 1. The third-order valence-corrected chi connectivity index (χ3v) is 4.02. The molecule has 122 valence electrons. The molecule has 0 atom stereocenters. The molecule has 0 bridgehead atoms. The molecule has 1 N–H and O–H groups in total. The lowest BCUT2D eigenvalue weighted by atomic mass is 10.2. The number of hydrogen-bond acceptors (Lipinski definition) is 2. The van der Waals surface area contributed by atoms with Gasteiger partial charge in [0, 0.05) is 28.2 Å². The number of hydrogen-bond donors (Lipinski definition) is 1. The molecule has 3 rings (SSSR count). The van der Waals surface area contributed by atoms with Gasteiger partial charge in [0.25, 0.3) is 5.91 Å². The molecule has 5 heteroatoms. The second kappa shape index (κ2) is 7.65. The van der Waals surface area contributed by atoms with Crippen LogP contribution < -0.4 is 5.32 Å². The van der Waals surface area contributed by atoms with Crippen LogP contribution >= 0.6 is 15.9 Å². The van der Waals surface area contributed by atoms with Gasteiger partial charge in [0.1, 0.15) is 11.6 Å². The van der Waals surface area contributed by atoms with E-state index in [4.69, 9.17) is 0 Å². The van der Waals surface area contributed by atoms with Gasteiger partial charge >= 0.3 is 0 Å². The predicted octanol–water partition coefficient (Wildman–Crippen LogP) is 4.79. The minimum absolute atomic E-state index is 0.0470. The number of nitrogens with zero attached hydrogens (tertiary/aromatic N) is 2. The zero-order valence-corrected chi connectivity index (χ0v) is 14.8. The number of aromatic nitrogens is 1. The Hall–Kier alpha value is -3.10. The maximum Gasteiger partial charge on any atom is 0.266 e. The Morgan fingerprint density at radius 2 is 1.92 bits per heavy atom. The van der Waals surface area contributed by atoms with Gasteiger partial charge in [-0.2, -0.15) is 5.26 Å². The summed E-state index contributed by atoms with van der Waals surface area (Å²) in [7, 11) is 0. The van der Waals surface area contributed by atoms with Gasteiger partial charge < -0.3 is 9.88 Å². The third kappa shape index (κ3) is 4.25. The lowest BCUT2D eigenvalue weighted by molar-refractivity contribution is -0.112. The summed E-state index contributed by atoms with van der Waals surface area (Å²) in [6.07, 6.45) is 5.34. The molecule has 0 aliphatic rings. The Balaban J connectivity index is 1.80. The van der Waals surface area contributed by atoms with Gasteiger partial charge in [-0.25, -0.2) is 0 Å². The van der Waals surface area contributed by atoms with E-state index in [2.05, 4.69) is 21.2 Å². The molecule has 0 saturated carbocycles. The van der Waals surface area contributed by atoms with E-state index in [0.717, 1.165) is 15.7 Å². The number of benzene rings is 2. The molecule has 1 aromatic heterocycles. The van der Waals surface area contributed by atoms with E-state index in [1.54, 1.807) is 18.2 Å². The minimum Gasteiger partial charge on any atom is -0.323 e. The van der Waals surface area contributed by atoms with Crippen LogP contribution in [0.2, 0.25) is 0 Å². The van der Waals surface area contributed by atoms with Crippen LogP contribution in [0.4, 0.5) is 5.69 Å². The fraction of sp³-hybridized carbons (Fsp3) is 0. The van der Waals surface area contributed by atoms with E-state index in [0.29, 0.717) is 5.69 Å². The molecule has 0 aliphatic carbocycles. The number of amides is 1. The normalized spacial score (nSPS) is 11.0. The Bertz CT molecular complexity index is 968. The molecule has 3 aromatic rings. The molecule has 1 amide bonds. The van der Waals surface area contributed by atoms with Crippen molar-refractivity contribution in [2.24, 2.45) is 0 Å². The molecular formula is C20H14BrN3O. The molecule has 0 saturated heterocycles. The first-order chi connectivity index (χ1) is 12.2.